The maximum absolute atomic E-state index is 13.0. The lowest BCUT2D eigenvalue weighted by Gasteiger charge is -2.34. The average molecular weight is 372 g/mol. The van der Waals surface area contributed by atoms with Gasteiger partial charge in [0.05, 0.1) is 0 Å². The number of aromatic nitrogens is 2. The Morgan fingerprint density at radius 3 is 2.15 bits per heavy atom. The van der Waals surface area contributed by atoms with Crippen LogP contribution in [0.15, 0.2) is 41.2 Å². The minimum absolute atomic E-state index is 0.184. The molecule has 0 N–H and O–H groups in total. The Kier molecular flexibility index (Phi) is 5.63. The molecule has 2 aromatic rings. The number of hydrogen-bond donors (Lipinski definition) is 0. The van der Waals surface area contributed by atoms with E-state index in [2.05, 4.69) is 5.10 Å². The van der Waals surface area contributed by atoms with Gasteiger partial charge in [-0.1, -0.05) is 6.92 Å². The third-order valence-electron chi connectivity index (χ3n) is 4.47. The van der Waals surface area contributed by atoms with Gasteiger partial charge in [0, 0.05) is 44.4 Å². The average Bonchev–Trinajstić information content (AvgIpc) is 2.69. The SMILES string of the molecule is CCCn1nc(C(=O)N2CCN(C(=O)c3ccc(F)cc3)CC2)ccc1=O. The van der Waals surface area contributed by atoms with Gasteiger partial charge in [-0.2, -0.15) is 5.10 Å². The third kappa shape index (κ3) is 4.21. The first-order chi connectivity index (χ1) is 13.0. The second-order valence-corrected chi connectivity index (χ2v) is 6.37. The van der Waals surface area contributed by atoms with E-state index in [0.29, 0.717) is 38.3 Å². The molecule has 7 nitrogen and oxygen atoms in total. The van der Waals surface area contributed by atoms with E-state index < -0.39 is 0 Å². The van der Waals surface area contributed by atoms with Crippen LogP contribution in [0.1, 0.15) is 34.2 Å². The van der Waals surface area contributed by atoms with Gasteiger partial charge >= 0.3 is 0 Å². The predicted molar refractivity (Wildman–Crippen MR) is 97.0 cm³/mol. The van der Waals surface area contributed by atoms with Crippen LogP contribution < -0.4 is 5.56 Å². The molecule has 1 aromatic heterocycles. The Morgan fingerprint density at radius 2 is 1.56 bits per heavy atom. The summed E-state index contributed by atoms with van der Waals surface area (Å²) in [6, 6.07) is 8.21. The Morgan fingerprint density at radius 1 is 0.963 bits per heavy atom. The Balaban J connectivity index is 1.64. The van der Waals surface area contributed by atoms with Crippen molar-refractivity contribution < 1.29 is 14.0 Å². The number of carbonyl (C=O) groups is 2. The predicted octanol–water partition coefficient (Wildman–Crippen LogP) is 1.39. The van der Waals surface area contributed by atoms with Gasteiger partial charge in [0.2, 0.25) is 0 Å². The second-order valence-electron chi connectivity index (χ2n) is 6.37. The van der Waals surface area contributed by atoms with E-state index in [0.717, 1.165) is 6.42 Å². The van der Waals surface area contributed by atoms with Crippen LogP contribution in [0.5, 0.6) is 0 Å². The number of hydrogen-bond acceptors (Lipinski definition) is 4. The maximum Gasteiger partial charge on any atom is 0.274 e. The van der Waals surface area contributed by atoms with Crippen LogP contribution in [0.3, 0.4) is 0 Å². The van der Waals surface area contributed by atoms with Gasteiger partial charge in [0.15, 0.2) is 0 Å². The van der Waals surface area contributed by atoms with Crippen molar-refractivity contribution in [2.24, 2.45) is 0 Å². The van der Waals surface area contributed by atoms with Gasteiger partial charge in [-0.05, 0) is 36.8 Å². The lowest BCUT2D eigenvalue weighted by molar-refractivity contribution is 0.0530. The summed E-state index contributed by atoms with van der Waals surface area (Å²) in [6.45, 7) is 3.91. The normalized spacial score (nSPS) is 14.3. The number of piperazine rings is 1. The van der Waals surface area contributed by atoms with Crippen molar-refractivity contribution >= 4 is 11.8 Å². The van der Waals surface area contributed by atoms with Crippen LogP contribution in [0, 0.1) is 5.82 Å². The second kappa shape index (κ2) is 8.11. The first-order valence-corrected chi connectivity index (χ1v) is 8.92. The Labute approximate surface area is 156 Å². The number of halogens is 1. The van der Waals surface area contributed by atoms with Crippen molar-refractivity contribution in [3.05, 3.63) is 63.8 Å². The van der Waals surface area contributed by atoms with E-state index in [9.17, 15) is 18.8 Å². The molecule has 3 rings (SSSR count). The van der Waals surface area contributed by atoms with Gasteiger partial charge in [-0.15, -0.1) is 0 Å². The summed E-state index contributed by atoms with van der Waals surface area (Å²) in [6.07, 6.45) is 0.745. The number of rotatable bonds is 4. The molecule has 0 unspecified atom stereocenters. The molecule has 1 aromatic carbocycles. The summed E-state index contributed by atoms with van der Waals surface area (Å²) in [5.74, 6) is -0.829. The molecule has 142 valence electrons. The molecular formula is C19H21FN4O3. The summed E-state index contributed by atoms with van der Waals surface area (Å²) in [7, 11) is 0. The summed E-state index contributed by atoms with van der Waals surface area (Å²) in [4.78, 5) is 40.1. The van der Waals surface area contributed by atoms with E-state index in [4.69, 9.17) is 0 Å². The van der Waals surface area contributed by atoms with Crippen molar-refractivity contribution in [1.82, 2.24) is 19.6 Å². The number of carbonyl (C=O) groups excluding carboxylic acids is 2. The summed E-state index contributed by atoms with van der Waals surface area (Å²) >= 11 is 0. The van der Waals surface area contributed by atoms with E-state index in [1.807, 2.05) is 6.92 Å². The monoisotopic (exact) mass is 372 g/mol. The van der Waals surface area contributed by atoms with E-state index in [1.54, 1.807) is 9.80 Å². The molecule has 0 saturated carbocycles. The minimum atomic E-state index is -0.390. The zero-order valence-electron chi connectivity index (χ0n) is 15.1. The fourth-order valence-corrected chi connectivity index (χ4v) is 2.98. The highest BCUT2D eigenvalue weighted by Crippen LogP contribution is 2.11. The summed E-state index contributed by atoms with van der Waals surface area (Å²) in [5, 5.41) is 4.14. The fourth-order valence-electron chi connectivity index (χ4n) is 2.98. The molecule has 8 heteroatoms. The summed E-state index contributed by atoms with van der Waals surface area (Å²) in [5.41, 5.74) is 0.411. The highest BCUT2D eigenvalue weighted by molar-refractivity contribution is 5.95. The molecule has 0 aliphatic carbocycles. The first-order valence-electron chi connectivity index (χ1n) is 8.92. The quantitative estimate of drug-likeness (QED) is 0.813. The molecule has 0 atom stereocenters. The number of benzene rings is 1. The molecule has 0 spiro atoms. The zero-order valence-corrected chi connectivity index (χ0v) is 15.1. The number of aryl methyl sites for hydroxylation is 1. The molecule has 1 saturated heterocycles. The third-order valence-corrected chi connectivity index (χ3v) is 4.47. The van der Waals surface area contributed by atoms with Crippen molar-refractivity contribution in [1.29, 1.82) is 0 Å². The van der Waals surface area contributed by atoms with E-state index in [1.165, 1.54) is 41.1 Å². The zero-order chi connectivity index (χ0) is 19.4. The molecule has 1 aliphatic heterocycles. The van der Waals surface area contributed by atoms with E-state index >= 15 is 0 Å². The van der Waals surface area contributed by atoms with Crippen molar-refractivity contribution in [3.8, 4) is 0 Å². The smallest absolute Gasteiger partial charge is 0.274 e. The summed E-state index contributed by atoms with van der Waals surface area (Å²) < 4.78 is 14.3. The molecule has 2 heterocycles. The number of amides is 2. The fraction of sp³-hybridized carbons (Fsp3) is 0.368. The molecule has 2 amide bonds. The Hall–Kier alpha value is -3.03. The molecule has 1 aliphatic rings. The number of nitrogens with zero attached hydrogens (tertiary/aromatic N) is 4. The van der Waals surface area contributed by atoms with Crippen molar-refractivity contribution in [2.45, 2.75) is 19.9 Å². The molecule has 1 fully saturated rings. The lowest BCUT2D eigenvalue weighted by atomic mass is 10.1. The van der Waals surface area contributed by atoms with Gasteiger partial charge in [-0.25, -0.2) is 9.07 Å². The van der Waals surface area contributed by atoms with Crippen LogP contribution in [0.2, 0.25) is 0 Å². The van der Waals surface area contributed by atoms with Gasteiger partial charge in [0.25, 0.3) is 17.4 Å². The highest BCUT2D eigenvalue weighted by atomic mass is 19.1. The highest BCUT2D eigenvalue weighted by Gasteiger charge is 2.26. The van der Waals surface area contributed by atoms with Gasteiger partial charge < -0.3 is 9.80 Å². The minimum Gasteiger partial charge on any atom is -0.335 e. The maximum atomic E-state index is 13.0. The van der Waals surface area contributed by atoms with E-state index in [-0.39, 0.29) is 28.9 Å². The van der Waals surface area contributed by atoms with Crippen LogP contribution in [-0.4, -0.2) is 57.6 Å². The largest absolute Gasteiger partial charge is 0.335 e. The van der Waals surface area contributed by atoms with Crippen LogP contribution in [-0.2, 0) is 6.54 Å². The standard InChI is InChI=1S/C19H21FN4O3/c1-2-9-24-17(25)8-7-16(21-24)19(27)23-12-10-22(11-13-23)18(26)14-3-5-15(20)6-4-14/h3-8H,2,9-13H2,1H3. The molecule has 27 heavy (non-hydrogen) atoms. The van der Waals surface area contributed by atoms with Crippen LogP contribution in [0.4, 0.5) is 4.39 Å². The Bertz CT molecular complexity index is 887. The first kappa shape index (κ1) is 18.8. The molecule has 0 bridgehead atoms. The lowest BCUT2D eigenvalue weighted by Crippen LogP contribution is -2.51. The van der Waals surface area contributed by atoms with Gasteiger partial charge in [0.1, 0.15) is 11.5 Å². The topological polar surface area (TPSA) is 75.5 Å². The van der Waals surface area contributed by atoms with Crippen molar-refractivity contribution in [2.75, 3.05) is 26.2 Å². The molecular weight excluding hydrogens is 351 g/mol. The van der Waals surface area contributed by atoms with Crippen LogP contribution in [0.25, 0.3) is 0 Å². The molecule has 0 radical (unpaired) electrons. The van der Waals surface area contributed by atoms with Gasteiger partial charge in [-0.3, -0.25) is 14.4 Å². The van der Waals surface area contributed by atoms with Crippen LogP contribution >= 0.6 is 0 Å². The van der Waals surface area contributed by atoms with Crippen molar-refractivity contribution in [3.63, 3.8) is 0 Å².